The van der Waals surface area contributed by atoms with Gasteiger partial charge in [0.2, 0.25) is 0 Å². The van der Waals surface area contributed by atoms with Gasteiger partial charge in [0, 0.05) is 32.0 Å². The molecule has 1 aliphatic rings. The van der Waals surface area contributed by atoms with E-state index in [4.69, 9.17) is 18.9 Å². The molecular formula is C21H31IN4O4S. The topological polar surface area (TPSA) is 98.0 Å². The van der Waals surface area contributed by atoms with Crippen molar-refractivity contribution < 1.29 is 18.7 Å². The third kappa shape index (κ3) is 7.76. The lowest BCUT2D eigenvalue weighted by molar-refractivity contribution is 0.0531. The van der Waals surface area contributed by atoms with E-state index in [9.17, 15) is 4.79 Å². The highest BCUT2D eigenvalue weighted by atomic mass is 127. The molecule has 0 amide bonds. The molecule has 2 unspecified atom stereocenters. The summed E-state index contributed by atoms with van der Waals surface area (Å²) in [5.74, 6) is 1.76. The number of rotatable bonds is 9. The molecule has 0 spiro atoms. The van der Waals surface area contributed by atoms with E-state index in [1.807, 2.05) is 26.0 Å². The molecule has 0 aliphatic carbocycles. The quantitative estimate of drug-likeness (QED) is 0.208. The first kappa shape index (κ1) is 25.6. The summed E-state index contributed by atoms with van der Waals surface area (Å²) in [5.41, 5.74) is 0.689. The van der Waals surface area contributed by atoms with Gasteiger partial charge in [-0.2, -0.15) is 0 Å². The average Bonchev–Trinajstić information content (AvgIpc) is 3.48. The lowest BCUT2D eigenvalue weighted by Gasteiger charge is -2.17. The minimum Gasteiger partial charge on any atom is -0.469 e. The van der Waals surface area contributed by atoms with Crippen LogP contribution in [0.3, 0.4) is 0 Å². The summed E-state index contributed by atoms with van der Waals surface area (Å²) in [7, 11) is 0. The molecule has 1 saturated heterocycles. The molecule has 1 aliphatic heterocycles. The predicted molar refractivity (Wildman–Crippen MR) is 131 cm³/mol. The number of esters is 1. The number of aliphatic imine (C=N–C) groups is 1. The van der Waals surface area contributed by atoms with Crippen molar-refractivity contribution >= 4 is 47.2 Å². The third-order valence-corrected chi connectivity index (χ3v) is 6.09. The van der Waals surface area contributed by atoms with Crippen molar-refractivity contribution in [2.75, 3.05) is 32.9 Å². The minimum atomic E-state index is -0.322. The van der Waals surface area contributed by atoms with Gasteiger partial charge < -0.3 is 24.5 Å². The number of aromatic nitrogens is 1. The van der Waals surface area contributed by atoms with Gasteiger partial charge in [0.15, 0.2) is 5.96 Å². The summed E-state index contributed by atoms with van der Waals surface area (Å²) >= 11 is 1.36. The van der Waals surface area contributed by atoms with Crippen molar-refractivity contribution in [1.82, 2.24) is 15.6 Å². The summed E-state index contributed by atoms with van der Waals surface area (Å²) < 4.78 is 16.0. The van der Waals surface area contributed by atoms with Crippen LogP contribution in [0.2, 0.25) is 0 Å². The van der Waals surface area contributed by atoms with E-state index >= 15 is 0 Å². The Balaban J connectivity index is 0.00000341. The summed E-state index contributed by atoms with van der Waals surface area (Å²) in [5, 5.41) is 7.60. The van der Waals surface area contributed by atoms with Crippen molar-refractivity contribution in [3.8, 4) is 0 Å². The number of halogens is 1. The van der Waals surface area contributed by atoms with Crippen molar-refractivity contribution in [2.45, 2.75) is 39.7 Å². The second kappa shape index (κ2) is 13.0. The molecule has 0 saturated carbocycles. The van der Waals surface area contributed by atoms with E-state index in [0.717, 1.165) is 36.8 Å². The minimum absolute atomic E-state index is 0. The van der Waals surface area contributed by atoms with E-state index in [0.29, 0.717) is 42.1 Å². The van der Waals surface area contributed by atoms with Crippen LogP contribution in [-0.4, -0.2) is 49.8 Å². The Morgan fingerprint density at radius 2 is 2.32 bits per heavy atom. The van der Waals surface area contributed by atoms with Crippen LogP contribution in [0, 0.1) is 12.8 Å². The molecule has 172 valence electrons. The van der Waals surface area contributed by atoms with E-state index in [1.165, 1.54) is 11.3 Å². The Morgan fingerprint density at radius 1 is 1.48 bits per heavy atom. The van der Waals surface area contributed by atoms with Crippen molar-refractivity contribution in [3.05, 3.63) is 39.7 Å². The Morgan fingerprint density at radius 3 is 3.00 bits per heavy atom. The number of nitrogens with zero attached hydrogens (tertiary/aromatic N) is 2. The number of carbonyl (C=O) groups excluding carboxylic acids is 1. The van der Waals surface area contributed by atoms with Crippen LogP contribution < -0.4 is 10.6 Å². The first-order valence-corrected chi connectivity index (χ1v) is 11.2. The molecule has 2 N–H and O–H groups in total. The van der Waals surface area contributed by atoms with Gasteiger partial charge in [-0.15, -0.1) is 35.3 Å². The number of thiazole rings is 1. The van der Waals surface area contributed by atoms with E-state index < -0.39 is 0 Å². The molecule has 3 heterocycles. The zero-order valence-corrected chi connectivity index (χ0v) is 21.3. The summed E-state index contributed by atoms with van der Waals surface area (Å²) in [6, 6.07) is 3.74. The van der Waals surface area contributed by atoms with Crippen LogP contribution in [0.25, 0.3) is 0 Å². The SMILES string of the molecule is CCOC(=O)c1sc(C(C)NC(=NCC2CCOC2)NCCc2ccco2)nc1C.I. The van der Waals surface area contributed by atoms with Gasteiger partial charge in [-0.1, -0.05) is 0 Å². The molecule has 3 rings (SSSR count). The summed E-state index contributed by atoms with van der Waals surface area (Å²) in [6.45, 7) is 8.94. The fraction of sp³-hybridized carbons (Fsp3) is 0.571. The Labute approximate surface area is 204 Å². The number of aryl methyl sites for hydroxylation is 1. The predicted octanol–water partition coefficient (Wildman–Crippen LogP) is 3.71. The molecule has 0 bridgehead atoms. The number of carbonyl (C=O) groups is 1. The van der Waals surface area contributed by atoms with Crippen LogP contribution in [0.5, 0.6) is 0 Å². The number of nitrogens with one attached hydrogen (secondary N) is 2. The molecule has 10 heteroatoms. The Bertz CT molecular complexity index is 835. The van der Waals surface area contributed by atoms with Gasteiger partial charge >= 0.3 is 5.97 Å². The molecule has 1 fully saturated rings. The van der Waals surface area contributed by atoms with Gasteiger partial charge in [0.05, 0.1) is 31.2 Å². The highest BCUT2D eigenvalue weighted by Gasteiger charge is 2.21. The van der Waals surface area contributed by atoms with Crippen molar-refractivity contribution in [1.29, 1.82) is 0 Å². The zero-order chi connectivity index (χ0) is 21.3. The normalized spacial score (nSPS) is 17.1. The first-order valence-electron chi connectivity index (χ1n) is 10.4. The maximum Gasteiger partial charge on any atom is 0.350 e. The zero-order valence-electron chi connectivity index (χ0n) is 18.2. The number of ether oxygens (including phenoxy) is 2. The Kier molecular flexibility index (Phi) is 10.7. The third-order valence-electron chi connectivity index (χ3n) is 4.77. The highest BCUT2D eigenvalue weighted by Crippen LogP contribution is 2.24. The van der Waals surface area contributed by atoms with Crippen LogP contribution in [0.1, 0.15) is 52.4 Å². The second-order valence-corrected chi connectivity index (χ2v) is 8.26. The second-order valence-electron chi connectivity index (χ2n) is 7.23. The first-order chi connectivity index (χ1) is 14.6. The van der Waals surface area contributed by atoms with Crippen molar-refractivity contribution in [3.63, 3.8) is 0 Å². The standard InChI is InChI=1S/C21H30N4O4S.HI/c1-4-28-20(26)18-14(2)24-19(30-18)15(3)25-21(23-12-16-8-11-27-13-16)22-9-7-17-6-5-10-29-17;/h5-6,10,15-16H,4,7-9,11-13H2,1-3H3,(H2,22,23,25);1H. The van der Waals surface area contributed by atoms with Gasteiger partial charge in [-0.3, -0.25) is 4.99 Å². The maximum atomic E-state index is 12.1. The molecule has 2 atom stereocenters. The molecular weight excluding hydrogens is 531 g/mol. The molecule has 0 aromatic carbocycles. The summed E-state index contributed by atoms with van der Waals surface area (Å²) in [4.78, 5) is 22.0. The lowest BCUT2D eigenvalue weighted by Crippen LogP contribution is -2.40. The fourth-order valence-corrected chi connectivity index (χ4v) is 4.08. The number of hydrogen-bond donors (Lipinski definition) is 2. The molecule has 8 nitrogen and oxygen atoms in total. The van der Waals surface area contributed by atoms with Gasteiger partial charge in [-0.25, -0.2) is 9.78 Å². The smallest absolute Gasteiger partial charge is 0.350 e. The van der Waals surface area contributed by atoms with Gasteiger partial charge in [-0.05, 0) is 39.3 Å². The van der Waals surface area contributed by atoms with Crippen LogP contribution in [-0.2, 0) is 15.9 Å². The lowest BCUT2D eigenvalue weighted by atomic mass is 10.1. The Hall–Kier alpha value is -1.66. The molecule has 0 radical (unpaired) electrons. The molecule has 31 heavy (non-hydrogen) atoms. The van der Waals surface area contributed by atoms with E-state index in [-0.39, 0.29) is 36.0 Å². The largest absolute Gasteiger partial charge is 0.469 e. The number of furan rings is 1. The average molecular weight is 562 g/mol. The summed E-state index contributed by atoms with van der Waals surface area (Å²) in [6.07, 6.45) is 3.47. The van der Waals surface area contributed by atoms with Crippen LogP contribution >= 0.6 is 35.3 Å². The fourth-order valence-electron chi connectivity index (χ4n) is 3.11. The van der Waals surface area contributed by atoms with Crippen LogP contribution in [0.4, 0.5) is 0 Å². The van der Waals surface area contributed by atoms with E-state index in [1.54, 1.807) is 13.2 Å². The van der Waals surface area contributed by atoms with E-state index in [2.05, 4.69) is 15.6 Å². The number of hydrogen-bond acceptors (Lipinski definition) is 7. The van der Waals surface area contributed by atoms with Gasteiger partial charge in [0.1, 0.15) is 15.6 Å². The van der Waals surface area contributed by atoms with Crippen LogP contribution in [0.15, 0.2) is 27.8 Å². The number of guanidine groups is 1. The van der Waals surface area contributed by atoms with Gasteiger partial charge in [0.25, 0.3) is 0 Å². The van der Waals surface area contributed by atoms with Crippen molar-refractivity contribution in [2.24, 2.45) is 10.9 Å². The monoisotopic (exact) mass is 562 g/mol. The highest BCUT2D eigenvalue weighted by molar-refractivity contribution is 14.0. The molecule has 2 aromatic heterocycles. The molecule has 2 aromatic rings. The maximum absolute atomic E-state index is 12.1.